The third-order valence-corrected chi connectivity index (χ3v) is 2.84. The number of rotatable bonds is 6. The van der Waals surface area contributed by atoms with Crippen molar-refractivity contribution in [1.82, 2.24) is 4.98 Å². The zero-order chi connectivity index (χ0) is 14.5. The second-order valence-electron chi connectivity index (χ2n) is 4.25. The molecule has 0 saturated heterocycles. The summed E-state index contributed by atoms with van der Waals surface area (Å²) in [6.07, 6.45) is 0.831. The summed E-state index contributed by atoms with van der Waals surface area (Å²) in [6.45, 7) is 5.36. The molecule has 0 fully saturated rings. The van der Waals surface area contributed by atoms with Crippen LogP contribution in [0.3, 0.4) is 0 Å². The van der Waals surface area contributed by atoms with Gasteiger partial charge in [0.05, 0.1) is 12.7 Å². The van der Waals surface area contributed by atoms with Gasteiger partial charge in [-0.2, -0.15) is 5.26 Å². The molecule has 0 N–H and O–H groups in total. The first kappa shape index (κ1) is 14.0. The Balaban J connectivity index is 2.25. The molecule has 5 nitrogen and oxygen atoms in total. The molecule has 0 radical (unpaired) electrons. The molecule has 0 spiro atoms. The molecule has 102 valence electrons. The Labute approximate surface area is 116 Å². The van der Waals surface area contributed by atoms with E-state index in [9.17, 15) is 10.1 Å². The highest BCUT2D eigenvalue weighted by Crippen LogP contribution is 2.23. The van der Waals surface area contributed by atoms with Gasteiger partial charge in [0.2, 0.25) is 5.89 Å². The fraction of sp³-hybridized carbons (Fsp3) is 0.267. The molecular weight excluding hydrogens is 256 g/mol. The summed E-state index contributed by atoms with van der Waals surface area (Å²) in [7, 11) is 0. The Morgan fingerprint density at radius 3 is 3.00 bits per heavy atom. The summed E-state index contributed by atoms with van der Waals surface area (Å²) in [6, 6.07) is 9.04. The van der Waals surface area contributed by atoms with Crippen molar-refractivity contribution in [2.45, 2.75) is 18.9 Å². The summed E-state index contributed by atoms with van der Waals surface area (Å²) >= 11 is 0. The van der Waals surface area contributed by atoms with Crippen LogP contribution in [0.2, 0.25) is 0 Å². The fourth-order valence-electron chi connectivity index (χ4n) is 1.78. The first-order chi connectivity index (χ1) is 9.67. The van der Waals surface area contributed by atoms with Gasteiger partial charge in [-0.05, 0) is 19.1 Å². The number of oxazole rings is 1. The van der Waals surface area contributed by atoms with Gasteiger partial charge in [-0.25, -0.2) is 4.98 Å². The van der Waals surface area contributed by atoms with Crippen LogP contribution in [0.25, 0.3) is 11.1 Å². The quantitative estimate of drug-likeness (QED) is 0.754. The van der Waals surface area contributed by atoms with Crippen LogP contribution in [-0.2, 0) is 9.53 Å². The SMILES string of the molecule is C=CCO[C@@H](C)C(=O)[C@H](C#N)c1nc2ccccc2o1. The monoisotopic (exact) mass is 270 g/mol. The van der Waals surface area contributed by atoms with Gasteiger partial charge < -0.3 is 9.15 Å². The molecule has 0 bridgehead atoms. The van der Waals surface area contributed by atoms with Crippen molar-refractivity contribution >= 4 is 16.9 Å². The minimum atomic E-state index is -1.07. The predicted octanol–water partition coefficient (Wildman–Crippen LogP) is 2.60. The van der Waals surface area contributed by atoms with Crippen LogP contribution in [0.15, 0.2) is 41.3 Å². The lowest BCUT2D eigenvalue weighted by atomic mass is 10.0. The van der Waals surface area contributed by atoms with E-state index in [4.69, 9.17) is 9.15 Å². The number of ketones is 1. The Bertz CT molecular complexity index is 636. The first-order valence-corrected chi connectivity index (χ1v) is 6.18. The van der Waals surface area contributed by atoms with Crippen molar-refractivity contribution in [2.24, 2.45) is 0 Å². The number of Topliss-reactive ketones (excluding diaryl/α,β-unsaturated/α-hetero) is 1. The first-order valence-electron chi connectivity index (χ1n) is 6.18. The molecular formula is C15H14N2O3. The van der Waals surface area contributed by atoms with Gasteiger partial charge in [0.15, 0.2) is 17.3 Å². The van der Waals surface area contributed by atoms with Crippen LogP contribution in [-0.4, -0.2) is 23.5 Å². The molecule has 0 saturated carbocycles. The van der Waals surface area contributed by atoms with E-state index in [1.165, 1.54) is 0 Å². The molecule has 0 unspecified atom stereocenters. The molecule has 1 aromatic heterocycles. The van der Waals surface area contributed by atoms with Crippen LogP contribution in [0.4, 0.5) is 0 Å². The molecule has 5 heteroatoms. The molecule has 2 atom stereocenters. The van der Waals surface area contributed by atoms with Crippen LogP contribution >= 0.6 is 0 Å². The number of ether oxygens (including phenoxy) is 1. The Kier molecular flexibility index (Phi) is 4.28. The number of hydrogen-bond donors (Lipinski definition) is 0. The number of nitriles is 1. The van der Waals surface area contributed by atoms with Gasteiger partial charge in [0, 0.05) is 0 Å². The van der Waals surface area contributed by atoms with E-state index in [1.807, 2.05) is 12.1 Å². The zero-order valence-corrected chi connectivity index (χ0v) is 11.1. The Morgan fingerprint density at radius 2 is 2.35 bits per heavy atom. The second kappa shape index (κ2) is 6.13. The van der Waals surface area contributed by atoms with Crippen molar-refractivity contribution in [3.63, 3.8) is 0 Å². The minimum absolute atomic E-state index is 0.104. The molecule has 1 aromatic carbocycles. The third-order valence-electron chi connectivity index (χ3n) is 2.84. The van der Waals surface area contributed by atoms with E-state index in [0.717, 1.165) is 0 Å². The van der Waals surface area contributed by atoms with E-state index >= 15 is 0 Å². The smallest absolute Gasteiger partial charge is 0.220 e. The van der Waals surface area contributed by atoms with Gasteiger partial charge in [-0.15, -0.1) is 6.58 Å². The molecule has 2 aromatic rings. The average molecular weight is 270 g/mol. The molecule has 1 heterocycles. The van der Waals surface area contributed by atoms with Crippen LogP contribution in [0.1, 0.15) is 18.7 Å². The number of carbonyl (C=O) groups is 1. The molecule has 2 rings (SSSR count). The number of aromatic nitrogens is 1. The molecule has 0 amide bonds. The summed E-state index contributed by atoms with van der Waals surface area (Å²) in [5.74, 6) is -1.34. The zero-order valence-electron chi connectivity index (χ0n) is 11.1. The van der Waals surface area contributed by atoms with Crippen LogP contribution in [0, 0.1) is 11.3 Å². The lowest BCUT2D eigenvalue weighted by molar-refractivity contribution is -0.129. The standard InChI is InChI=1S/C15H14N2O3/c1-3-8-19-10(2)14(18)11(9-16)15-17-12-6-4-5-7-13(12)20-15/h3-7,10-11H,1,8H2,2H3/t10-,11-/m0/s1. The number of hydrogen-bond acceptors (Lipinski definition) is 5. The third kappa shape index (κ3) is 2.76. The largest absolute Gasteiger partial charge is 0.439 e. The van der Waals surface area contributed by atoms with Crippen LogP contribution < -0.4 is 0 Å². The highest BCUT2D eigenvalue weighted by atomic mass is 16.5. The van der Waals surface area contributed by atoms with Gasteiger partial charge in [-0.1, -0.05) is 18.2 Å². The summed E-state index contributed by atoms with van der Waals surface area (Å²) in [4.78, 5) is 16.4. The summed E-state index contributed by atoms with van der Waals surface area (Å²) in [5, 5.41) is 9.20. The molecule has 0 aliphatic rings. The van der Waals surface area contributed by atoms with E-state index in [2.05, 4.69) is 11.6 Å². The fourth-order valence-corrected chi connectivity index (χ4v) is 1.78. The van der Waals surface area contributed by atoms with Crippen LogP contribution in [0.5, 0.6) is 0 Å². The van der Waals surface area contributed by atoms with Gasteiger partial charge >= 0.3 is 0 Å². The Morgan fingerprint density at radius 1 is 1.60 bits per heavy atom. The summed E-state index contributed by atoms with van der Waals surface area (Å²) < 4.78 is 10.7. The van der Waals surface area contributed by atoms with E-state index in [1.54, 1.807) is 31.2 Å². The summed E-state index contributed by atoms with van der Waals surface area (Å²) in [5.41, 5.74) is 1.17. The van der Waals surface area contributed by atoms with E-state index in [0.29, 0.717) is 11.1 Å². The minimum Gasteiger partial charge on any atom is -0.439 e. The van der Waals surface area contributed by atoms with Crippen molar-refractivity contribution in [2.75, 3.05) is 6.61 Å². The lowest BCUT2D eigenvalue weighted by Gasteiger charge is -2.12. The molecule has 0 aliphatic heterocycles. The molecule has 20 heavy (non-hydrogen) atoms. The van der Waals surface area contributed by atoms with E-state index < -0.39 is 12.0 Å². The maximum atomic E-state index is 12.2. The van der Waals surface area contributed by atoms with Gasteiger partial charge in [-0.3, -0.25) is 4.79 Å². The number of para-hydroxylation sites is 2. The average Bonchev–Trinajstić information content (AvgIpc) is 2.88. The predicted molar refractivity (Wildman–Crippen MR) is 73.0 cm³/mol. The number of carbonyl (C=O) groups excluding carboxylic acids is 1. The Hall–Kier alpha value is -2.45. The topological polar surface area (TPSA) is 76.1 Å². The number of benzene rings is 1. The number of fused-ring (bicyclic) bond motifs is 1. The van der Waals surface area contributed by atoms with E-state index in [-0.39, 0.29) is 18.3 Å². The highest BCUT2D eigenvalue weighted by Gasteiger charge is 2.30. The second-order valence-corrected chi connectivity index (χ2v) is 4.25. The maximum absolute atomic E-state index is 12.2. The highest BCUT2D eigenvalue weighted by molar-refractivity contribution is 5.91. The molecule has 0 aliphatic carbocycles. The maximum Gasteiger partial charge on any atom is 0.220 e. The van der Waals surface area contributed by atoms with Crippen molar-refractivity contribution < 1.29 is 13.9 Å². The van der Waals surface area contributed by atoms with Crippen molar-refractivity contribution in [1.29, 1.82) is 5.26 Å². The normalized spacial score (nSPS) is 13.6. The van der Waals surface area contributed by atoms with Gasteiger partial charge in [0.1, 0.15) is 11.6 Å². The van der Waals surface area contributed by atoms with Crippen molar-refractivity contribution in [3.8, 4) is 6.07 Å². The lowest BCUT2D eigenvalue weighted by Crippen LogP contribution is -2.26. The van der Waals surface area contributed by atoms with Crippen molar-refractivity contribution in [3.05, 3.63) is 42.8 Å². The van der Waals surface area contributed by atoms with Gasteiger partial charge in [0.25, 0.3) is 0 Å². The number of nitrogens with zero attached hydrogens (tertiary/aromatic N) is 2.